The Kier molecular flexibility index (Phi) is 4.34. The molecule has 0 N–H and O–H groups in total. The third kappa shape index (κ3) is 3.07. The molecule has 5 nitrogen and oxygen atoms in total. The molecular weight excluding hydrogens is 312 g/mol. The highest BCUT2D eigenvalue weighted by atomic mass is 32.2. The summed E-state index contributed by atoms with van der Waals surface area (Å²) in [5, 5.41) is 11.6. The fraction of sp³-hybridized carbons (Fsp3) is 0.235. The monoisotopic (exact) mass is 328 g/mol. The van der Waals surface area contributed by atoms with Crippen LogP contribution in [0.1, 0.15) is 23.7 Å². The molecular formula is C17H16N2O3S. The van der Waals surface area contributed by atoms with Crippen LogP contribution in [0.15, 0.2) is 53.4 Å². The normalized spacial score (nSPS) is 17.3. The van der Waals surface area contributed by atoms with Crippen molar-refractivity contribution in [1.29, 1.82) is 0 Å². The summed E-state index contributed by atoms with van der Waals surface area (Å²) in [6, 6.07) is 13.8. The smallest absolute Gasteiger partial charge is 0.282 e. The number of benzene rings is 2. The quantitative estimate of drug-likeness (QED) is 0.614. The summed E-state index contributed by atoms with van der Waals surface area (Å²) < 4.78 is 0. The van der Waals surface area contributed by atoms with E-state index in [1.54, 1.807) is 28.8 Å². The van der Waals surface area contributed by atoms with Gasteiger partial charge >= 0.3 is 0 Å². The maximum Gasteiger partial charge on any atom is 0.282 e. The Labute approximate surface area is 138 Å². The minimum absolute atomic E-state index is 0.131. The molecule has 1 amide bonds. The van der Waals surface area contributed by atoms with Crippen molar-refractivity contribution in [2.24, 2.45) is 0 Å². The van der Waals surface area contributed by atoms with Crippen molar-refractivity contribution in [3.8, 4) is 0 Å². The lowest BCUT2D eigenvalue weighted by molar-refractivity contribution is -0.385. The number of thioether (sulfide) groups is 1. The van der Waals surface area contributed by atoms with Gasteiger partial charge in [0.25, 0.3) is 11.6 Å². The largest absolute Gasteiger partial charge is 0.307 e. The number of fused-ring (bicyclic) bond motifs is 1. The van der Waals surface area contributed by atoms with E-state index in [-0.39, 0.29) is 17.2 Å². The average Bonchev–Trinajstić information content (AvgIpc) is 2.72. The lowest BCUT2D eigenvalue weighted by atomic mass is 10.1. The standard InChI is InChI=1S/C17H16N2O3S/c1-12-10-11-18(15-8-4-5-9-16(15)23-12)17(20)13-6-2-3-7-14(13)19(21)22/h2-9,12H,10-11H2,1H3/t12-/m0/s1. The summed E-state index contributed by atoms with van der Waals surface area (Å²) in [5.74, 6) is -0.320. The molecule has 3 rings (SSSR count). The van der Waals surface area contributed by atoms with Crippen molar-refractivity contribution in [2.45, 2.75) is 23.5 Å². The molecule has 0 saturated heterocycles. The molecule has 2 aromatic carbocycles. The number of carbonyl (C=O) groups excluding carboxylic acids is 1. The second-order valence-electron chi connectivity index (χ2n) is 5.42. The molecule has 2 aromatic rings. The van der Waals surface area contributed by atoms with Gasteiger partial charge in [-0.25, -0.2) is 0 Å². The number of nitro benzene ring substituents is 1. The van der Waals surface area contributed by atoms with E-state index < -0.39 is 4.92 Å². The van der Waals surface area contributed by atoms with Gasteiger partial charge < -0.3 is 4.90 Å². The van der Waals surface area contributed by atoms with Crippen molar-refractivity contribution in [3.05, 3.63) is 64.2 Å². The summed E-state index contributed by atoms with van der Waals surface area (Å²) in [6.07, 6.45) is 0.839. The van der Waals surface area contributed by atoms with Crippen molar-refractivity contribution < 1.29 is 9.72 Å². The average molecular weight is 328 g/mol. The number of hydrogen-bond acceptors (Lipinski definition) is 4. The fourth-order valence-electron chi connectivity index (χ4n) is 2.66. The van der Waals surface area contributed by atoms with Gasteiger partial charge in [-0.15, -0.1) is 11.8 Å². The van der Waals surface area contributed by atoms with Crippen LogP contribution in [-0.4, -0.2) is 22.6 Å². The topological polar surface area (TPSA) is 63.5 Å². The number of para-hydroxylation sites is 2. The molecule has 0 unspecified atom stereocenters. The van der Waals surface area contributed by atoms with Gasteiger partial charge in [-0.2, -0.15) is 0 Å². The summed E-state index contributed by atoms with van der Waals surface area (Å²) in [5.41, 5.74) is 0.803. The summed E-state index contributed by atoms with van der Waals surface area (Å²) >= 11 is 1.73. The van der Waals surface area contributed by atoms with Gasteiger partial charge in [-0.3, -0.25) is 14.9 Å². The summed E-state index contributed by atoms with van der Waals surface area (Å²) in [7, 11) is 0. The molecule has 0 saturated carbocycles. The molecule has 1 aliphatic heterocycles. The van der Waals surface area contributed by atoms with Crippen LogP contribution in [0.25, 0.3) is 0 Å². The van der Waals surface area contributed by atoms with Gasteiger partial charge in [0.2, 0.25) is 0 Å². The first-order valence-corrected chi connectivity index (χ1v) is 8.27. The number of carbonyl (C=O) groups is 1. The predicted molar refractivity (Wildman–Crippen MR) is 91.2 cm³/mol. The van der Waals surface area contributed by atoms with Crippen LogP contribution in [0.2, 0.25) is 0 Å². The maximum absolute atomic E-state index is 13.0. The van der Waals surface area contributed by atoms with E-state index in [0.717, 1.165) is 17.0 Å². The fourth-order valence-corrected chi connectivity index (χ4v) is 3.77. The summed E-state index contributed by atoms with van der Waals surface area (Å²) in [6.45, 7) is 2.68. The SMILES string of the molecule is C[C@H]1CCN(C(=O)c2ccccc2[N+](=O)[O-])c2ccccc2S1. The Morgan fingerprint density at radius 1 is 1.22 bits per heavy atom. The highest BCUT2D eigenvalue weighted by molar-refractivity contribution is 8.00. The van der Waals surface area contributed by atoms with E-state index in [1.165, 1.54) is 12.1 Å². The number of nitro groups is 1. The third-order valence-electron chi connectivity index (χ3n) is 3.82. The summed E-state index contributed by atoms with van der Waals surface area (Å²) in [4.78, 5) is 26.4. The molecule has 0 aliphatic carbocycles. The molecule has 0 bridgehead atoms. The molecule has 0 aromatic heterocycles. The van der Waals surface area contributed by atoms with Gasteiger partial charge in [0.1, 0.15) is 5.56 Å². The molecule has 6 heteroatoms. The first-order valence-electron chi connectivity index (χ1n) is 7.39. The number of hydrogen-bond donors (Lipinski definition) is 0. The van der Waals surface area contributed by atoms with Gasteiger partial charge in [-0.1, -0.05) is 31.2 Å². The van der Waals surface area contributed by atoms with E-state index in [0.29, 0.717) is 11.8 Å². The Morgan fingerprint density at radius 2 is 1.91 bits per heavy atom. The number of amides is 1. The Morgan fingerprint density at radius 3 is 2.70 bits per heavy atom. The first kappa shape index (κ1) is 15.6. The van der Waals surface area contributed by atoms with Gasteiger partial charge in [0.05, 0.1) is 10.6 Å². The van der Waals surface area contributed by atoms with E-state index in [4.69, 9.17) is 0 Å². The lowest BCUT2D eigenvalue weighted by Crippen LogP contribution is -2.32. The van der Waals surface area contributed by atoms with Crippen molar-refractivity contribution >= 4 is 29.0 Å². The molecule has 1 heterocycles. The zero-order valence-corrected chi connectivity index (χ0v) is 13.5. The molecule has 23 heavy (non-hydrogen) atoms. The molecule has 118 valence electrons. The highest BCUT2D eigenvalue weighted by Crippen LogP contribution is 2.38. The molecule has 1 atom stereocenters. The zero-order chi connectivity index (χ0) is 16.4. The Hall–Kier alpha value is -2.34. The van der Waals surface area contributed by atoms with Gasteiger partial charge in [0, 0.05) is 22.8 Å². The van der Waals surface area contributed by atoms with E-state index in [9.17, 15) is 14.9 Å². The second-order valence-corrected chi connectivity index (χ2v) is 6.90. The van der Waals surface area contributed by atoms with Crippen LogP contribution in [-0.2, 0) is 0 Å². The van der Waals surface area contributed by atoms with Crippen molar-refractivity contribution in [3.63, 3.8) is 0 Å². The Bertz CT molecular complexity index is 763. The molecule has 0 spiro atoms. The minimum atomic E-state index is -0.506. The lowest BCUT2D eigenvalue weighted by Gasteiger charge is -2.22. The molecule has 0 radical (unpaired) electrons. The predicted octanol–water partition coefficient (Wildman–Crippen LogP) is 4.13. The van der Waals surface area contributed by atoms with E-state index >= 15 is 0 Å². The van der Waals surface area contributed by atoms with Crippen LogP contribution in [0, 0.1) is 10.1 Å². The van der Waals surface area contributed by atoms with Crippen LogP contribution in [0.5, 0.6) is 0 Å². The number of anilines is 1. The highest BCUT2D eigenvalue weighted by Gasteiger charge is 2.28. The first-order chi connectivity index (χ1) is 11.1. The van der Waals surface area contributed by atoms with Gasteiger partial charge in [0.15, 0.2) is 0 Å². The third-order valence-corrected chi connectivity index (χ3v) is 5.06. The minimum Gasteiger partial charge on any atom is -0.307 e. The van der Waals surface area contributed by atoms with E-state index in [1.807, 2.05) is 24.3 Å². The second kappa shape index (κ2) is 6.42. The number of rotatable bonds is 2. The van der Waals surface area contributed by atoms with Crippen LogP contribution < -0.4 is 4.90 Å². The van der Waals surface area contributed by atoms with E-state index in [2.05, 4.69) is 6.92 Å². The maximum atomic E-state index is 13.0. The Balaban J connectivity index is 2.05. The molecule has 1 aliphatic rings. The number of nitrogens with zero attached hydrogens (tertiary/aromatic N) is 2. The zero-order valence-electron chi connectivity index (χ0n) is 12.6. The van der Waals surface area contributed by atoms with Crippen molar-refractivity contribution in [1.82, 2.24) is 0 Å². The van der Waals surface area contributed by atoms with Crippen molar-refractivity contribution in [2.75, 3.05) is 11.4 Å². The van der Waals surface area contributed by atoms with Gasteiger partial charge in [-0.05, 0) is 24.6 Å². The molecule has 0 fully saturated rings. The van der Waals surface area contributed by atoms with Crippen LogP contribution in [0.3, 0.4) is 0 Å². The van der Waals surface area contributed by atoms with Crippen LogP contribution in [0.4, 0.5) is 11.4 Å². The van der Waals surface area contributed by atoms with Crippen LogP contribution >= 0.6 is 11.8 Å².